The molecule has 0 spiro atoms. The van der Waals surface area contributed by atoms with Gasteiger partial charge in [0.25, 0.3) is 0 Å². The Labute approximate surface area is 157 Å². The largest absolute Gasteiger partial charge is 0.482 e. The zero-order valence-corrected chi connectivity index (χ0v) is 15.2. The number of aliphatic carboxylic acids is 1. The summed E-state index contributed by atoms with van der Waals surface area (Å²) >= 11 is 0. The fourth-order valence-corrected chi connectivity index (χ4v) is 2.58. The molecule has 27 heavy (non-hydrogen) atoms. The number of carboxylic acids is 1. The molecule has 0 saturated carbocycles. The summed E-state index contributed by atoms with van der Waals surface area (Å²) in [5.74, 6) is -1.11. The zero-order chi connectivity index (χ0) is 19.8. The average molecular weight is 370 g/mol. The van der Waals surface area contributed by atoms with Crippen molar-refractivity contribution < 1.29 is 24.2 Å². The first kappa shape index (κ1) is 20.0. The minimum Gasteiger partial charge on any atom is -0.482 e. The van der Waals surface area contributed by atoms with Gasteiger partial charge in [0.15, 0.2) is 6.61 Å². The molecule has 1 atom stereocenters. The van der Waals surface area contributed by atoms with E-state index in [1.807, 2.05) is 30.3 Å². The lowest BCUT2D eigenvalue weighted by atomic mass is 10.0. The SMILES string of the molecule is CC(=O)NC(CC(=O)Nc1ccc(OCC(=O)O)cc1C)c1ccccc1. The van der Waals surface area contributed by atoms with E-state index in [4.69, 9.17) is 9.84 Å². The zero-order valence-electron chi connectivity index (χ0n) is 15.2. The van der Waals surface area contributed by atoms with Crippen LogP contribution in [0.2, 0.25) is 0 Å². The highest BCUT2D eigenvalue weighted by Gasteiger charge is 2.17. The predicted octanol–water partition coefficient (Wildman–Crippen LogP) is 2.66. The monoisotopic (exact) mass is 370 g/mol. The van der Waals surface area contributed by atoms with Crippen molar-refractivity contribution in [2.75, 3.05) is 11.9 Å². The summed E-state index contributed by atoms with van der Waals surface area (Å²) in [4.78, 5) is 34.5. The number of nitrogens with one attached hydrogen (secondary N) is 2. The minimum absolute atomic E-state index is 0.0836. The second-order valence-electron chi connectivity index (χ2n) is 6.08. The fourth-order valence-electron chi connectivity index (χ4n) is 2.58. The van der Waals surface area contributed by atoms with E-state index in [-0.39, 0.29) is 18.2 Å². The number of anilines is 1. The van der Waals surface area contributed by atoms with Crippen LogP contribution in [-0.2, 0) is 14.4 Å². The number of carbonyl (C=O) groups excluding carboxylic acids is 2. The number of amides is 2. The summed E-state index contributed by atoms with van der Waals surface area (Å²) in [5.41, 5.74) is 2.18. The summed E-state index contributed by atoms with van der Waals surface area (Å²) in [5, 5.41) is 14.2. The molecule has 0 fully saturated rings. The number of hydrogen-bond acceptors (Lipinski definition) is 4. The van der Waals surface area contributed by atoms with Gasteiger partial charge < -0.3 is 20.5 Å². The van der Waals surface area contributed by atoms with Crippen molar-refractivity contribution in [2.45, 2.75) is 26.3 Å². The maximum atomic E-state index is 12.5. The summed E-state index contributed by atoms with van der Waals surface area (Å²) in [7, 11) is 0. The molecule has 0 saturated heterocycles. The van der Waals surface area contributed by atoms with Gasteiger partial charge in [-0.3, -0.25) is 9.59 Å². The van der Waals surface area contributed by atoms with Crippen molar-refractivity contribution in [3.63, 3.8) is 0 Å². The standard InChI is InChI=1S/C20H22N2O5/c1-13-10-16(27-12-20(25)26)8-9-17(13)22-19(24)11-18(21-14(2)23)15-6-4-3-5-7-15/h3-10,18H,11-12H2,1-2H3,(H,21,23)(H,22,24)(H,25,26). The molecule has 7 heteroatoms. The van der Waals surface area contributed by atoms with Crippen LogP contribution in [0, 0.1) is 6.92 Å². The second kappa shape index (κ2) is 9.38. The van der Waals surface area contributed by atoms with Gasteiger partial charge in [0.05, 0.1) is 12.5 Å². The summed E-state index contributed by atoms with van der Waals surface area (Å²) < 4.78 is 5.11. The third kappa shape index (κ3) is 6.47. The van der Waals surface area contributed by atoms with Gasteiger partial charge in [-0.1, -0.05) is 30.3 Å². The lowest BCUT2D eigenvalue weighted by Gasteiger charge is -2.18. The molecule has 0 heterocycles. The molecule has 3 N–H and O–H groups in total. The van der Waals surface area contributed by atoms with Crippen molar-refractivity contribution in [2.24, 2.45) is 0 Å². The Morgan fingerprint density at radius 2 is 1.81 bits per heavy atom. The van der Waals surface area contributed by atoms with Crippen LogP contribution in [0.4, 0.5) is 5.69 Å². The van der Waals surface area contributed by atoms with E-state index in [1.54, 1.807) is 25.1 Å². The summed E-state index contributed by atoms with van der Waals surface area (Å²) in [6.07, 6.45) is 0.0836. The normalized spacial score (nSPS) is 11.3. The van der Waals surface area contributed by atoms with Gasteiger partial charge in [0.1, 0.15) is 5.75 Å². The van der Waals surface area contributed by atoms with Crippen molar-refractivity contribution >= 4 is 23.5 Å². The lowest BCUT2D eigenvalue weighted by Crippen LogP contribution is -2.29. The van der Waals surface area contributed by atoms with Crippen LogP contribution in [0.3, 0.4) is 0 Å². The first-order valence-electron chi connectivity index (χ1n) is 8.42. The van der Waals surface area contributed by atoms with Crippen LogP contribution in [0.1, 0.15) is 30.5 Å². The molecule has 7 nitrogen and oxygen atoms in total. The molecule has 0 aromatic heterocycles. The van der Waals surface area contributed by atoms with Crippen LogP contribution in [-0.4, -0.2) is 29.5 Å². The third-order valence-corrected chi connectivity index (χ3v) is 3.80. The van der Waals surface area contributed by atoms with Crippen molar-refractivity contribution in [1.29, 1.82) is 0 Å². The van der Waals surface area contributed by atoms with Crippen LogP contribution in [0.15, 0.2) is 48.5 Å². The van der Waals surface area contributed by atoms with Crippen LogP contribution >= 0.6 is 0 Å². The Bertz CT molecular complexity index is 820. The van der Waals surface area contributed by atoms with E-state index in [0.29, 0.717) is 11.4 Å². The number of carbonyl (C=O) groups is 3. The molecule has 0 aliphatic heterocycles. The third-order valence-electron chi connectivity index (χ3n) is 3.80. The molecule has 0 bridgehead atoms. The first-order chi connectivity index (χ1) is 12.8. The highest BCUT2D eigenvalue weighted by atomic mass is 16.5. The van der Waals surface area contributed by atoms with E-state index in [0.717, 1.165) is 11.1 Å². The number of ether oxygens (including phenoxy) is 1. The Hall–Kier alpha value is -3.35. The summed E-state index contributed by atoms with van der Waals surface area (Å²) in [6, 6.07) is 13.7. The molecule has 142 valence electrons. The first-order valence-corrected chi connectivity index (χ1v) is 8.42. The van der Waals surface area contributed by atoms with Gasteiger partial charge in [-0.2, -0.15) is 0 Å². The highest BCUT2D eigenvalue weighted by molar-refractivity contribution is 5.92. The Morgan fingerprint density at radius 1 is 1.11 bits per heavy atom. The quantitative estimate of drug-likeness (QED) is 0.663. The minimum atomic E-state index is -1.06. The maximum absolute atomic E-state index is 12.5. The molecule has 0 radical (unpaired) electrons. The number of carboxylic acid groups (broad SMARTS) is 1. The smallest absolute Gasteiger partial charge is 0.341 e. The topological polar surface area (TPSA) is 105 Å². The predicted molar refractivity (Wildman–Crippen MR) is 101 cm³/mol. The van der Waals surface area contributed by atoms with Gasteiger partial charge in [-0.15, -0.1) is 0 Å². The Balaban J connectivity index is 2.04. The van der Waals surface area contributed by atoms with E-state index in [1.165, 1.54) is 6.92 Å². The molecular formula is C20H22N2O5. The molecule has 2 amide bonds. The maximum Gasteiger partial charge on any atom is 0.341 e. The number of hydrogen-bond donors (Lipinski definition) is 3. The van der Waals surface area contributed by atoms with Gasteiger partial charge in [0.2, 0.25) is 11.8 Å². The van der Waals surface area contributed by atoms with Gasteiger partial charge in [-0.25, -0.2) is 4.79 Å². The lowest BCUT2D eigenvalue weighted by molar-refractivity contribution is -0.139. The summed E-state index contributed by atoms with van der Waals surface area (Å²) in [6.45, 7) is 2.76. The Kier molecular flexibility index (Phi) is 6.93. The number of aryl methyl sites for hydroxylation is 1. The highest BCUT2D eigenvalue weighted by Crippen LogP contribution is 2.23. The molecule has 2 aromatic carbocycles. The molecule has 2 rings (SSSR count). The van der Waals surface area contributed by atoms with E-state index >= 15 is 0 Å². The second-order valence-corrected chi connectivity index (χ2v) is 6.08. The van der Waals surface area contributed by atoms with Gasteiger partial charge in [0, 0.05) is 12.6 Å². The molecule has 2 aromatic rings. The van der Waals surface area contributed by atoms with E-state index < -0.39 is 18.6 Å². The van der Waals surface area contributed by atoms with E-state index in [2.05, 4.69) is 10.6 Å². The molecule has 1 unspecified atom stereocenters. The van der Waals surface area contributed by atoms with Crippen LogP contribution in [0.25, 0.3) is 0 Å². The van der Waals surface area contributed by atoms with Gasteiger partial charge >= 0.3 is 5.97 Å². The van der Waals surface area contributed by atoms with Crippen molar-refractivity contribution in [3.8, 4) is 5.75 Å². The van der Waals surface area contributed by atoms with Crippen LogP contribution < -0.4 is 15.4 Å². The van der Waals surface area contributed by atoms with Crippen molar-refractivity contribution in [3.05, 3.63) is 59.7 Å². The number of rotatable bonds is 8. The Morgan fingerprint density at radius 3 is 2.41 bits per heavy atom. The molecule has 0 aliphatic rings. The molecule has 0 aliphatic carbocycles. The van der Waals surface area contributed by atoms with Crippen LogP contribution in [0.5, 0.6) is 5.75 Å². The fraction of sp³-hybridized carbons (Fsp3) is 0.250. The van der Waals surface area contributed by atoms with E-state index in [9.17, 15) is 14.4 Å². The number of benzene rings is 2. The van der Waals surface area contributed by atoms with Gasteiger partial charge in [-0.05, 0) is 36.2 Å². The average Bonchev–Trinajstić information content (AvgIpc) is 2.62. The molecular weight excluding hydrogens is 348 g/mol. The van der Waals surface area contributed by atoms with Crippen molar-refractivity contribution in [1.82, 2.24) is 5.32 Å².